The Morgan fingerprint density at radius 1 is 1.08 bits per heavy atom. The Kier molecular flexibility index (Phi) is 6.89. The number of benzene rings is 1. The lowest BCUT2D eigenvalue weighted by Gasteiger charge is -2.28. The number of rotatable bonds is 6. The van der Waals surface area contributed by atoms with Gasteiger partial charge < -0.3 is 9.84 Å². The van der Waals surface area contributed by atoms with Gasteiger partial charge in [0.15, 0.2) is 0 Å². The zero-order valence-electron chi connectivity index (χ0n) is 16.9. The van der Waals surface area contributed by atoms with Gasteiger partial charge in [-0.05, 0) is 59.0 Å². The van der Waals surface area contributed by atoms with Crippen LogP contribution >= 0.6 is 11.8 Å². The Morgan fingerprint density at radius 3 is 2.16 bits per heavy atom. The highest BCUT2D eigenvalue weighted by Crippen LogP contribution is 2.40. The number of ether oxygens (including phenoxy) is 1. The summed E-state index contributed by atoms with van der Waals surface area (Å²) in [4.78, 5) is 0. The third-order valence-electron chi connectivity index (χ3n) is 4.87. The summed E-state index contributed by atoms with van der Waals surface area (Å²) in [6.07, 6.45) is 5.19. The van der Waals surface area contributed by atoms with Crippen molar-refractivity contribution in [2.24, 2.45) is 0 Å². The van der Waals surface area contributed by atoms with Crippen LogP contribution in [0.3, 0.4) is 0 Å². The fourth-order valence-electron chi connectivity index (χ4n) is 3.35. The monoisotopic (exact) mass is 364 g/mol. The van der Waals surface area contributed by atoms with Crippen molar-refractivity contribution < 1.29 is 9.84 Å². The lowest BCUT2D eigenvalue weighted by molar-refractivity contribution is 0.129. The molecule has 1 aromatic carbocycles. The predicted molar refractivity (Wildman–Crippen MR) is 110 cm³/mol. The summed E-state index contributed by atoms with van der Waals surface area (Å²) in [5.41, 5.74) is 3.40. The molecule has 2 nitrogen and oxygen atoms in total. The van der Waals surface area contributed by atoms with Crippen molar-refractivity contribution in [2.45, 2.75) is 84.2 Å². The molecule has 1 aromatic rings. The average molecular weight is 365 g/mol. The fourth-order valence-corrected chi connectivity index (χ4v) is 4.39. The summed E-state index contributed by atoms with van der Waals surface area (Å²) in [6, 6.07) is 4.44. The van der Waals surface area contributed by atoms with Crippen LogP contribution < -0.4 is 0 Å². The summed E-state index contributed by atoms with van der Waals surface area (Å²) in [6.45, 7) is 14.0. The molecule has 1 saturated heterocycles. The van der Waals surface area contributed by atoms with E-state index in [1.807, 2.05) is 11.8 Å². The summed E-state index contributed by atoms with van der Waals surface area (Å²) >= 11 is 2.02. The molecule has 0 saturated carbocycles. The molecule has 0 aromatic heterocycles. The molecule has 0 amide bonds. The Labute approximate surface area is 158 Å². The minimum atomic E-state index is -0.0470. The smallest absolute Gasteiger partial charge is 0.123 e. The Hall–Kier alpha value is -0.670. The van der Waals surface area contributed by atoms with E-state index in [9.17, 15) is 5.11 Å². The van der Waals surface area contributed by atoms with Gasteiger partial charge >= 0.3 is 0 Å². The quantitative estimate of drug-likeness (QED) is 0.644. The zero-order chi connectivity index (χ0) is 18.7. The maximum absolute atomic E-state index is 10.8. The van der Waals surface area contributed by atoms with Gasteiger partial charge in [0.2, 0.25) is 0 Å². The minimum Gasteiger partial charge on any atom is -0.507 e. The number of aromatic hydroxyl groups is 1. The number of aryl methyl sites for hydroxylation is 1. The molecule has 3 heteroatoms. The fraction of sp³-hybridized carbons (Fsp3) is 0.727. The maximum atomic E-state index is 10.8. The number of hydrogen-bond donors (Lipinski definition) is 1. The summed E-state index contributed by atoms with van der Waals surface area (Å²) in [5, 5.41) is 10.8. The topological polar surface area (TPSA) is 29.5 Å². The maximum Gasteiger partial charge on any atom is 0.123 e. The first-order valence-electron chi connectivity index (χ1n) is 9.65. The van der Waals surface area contributed by atoms with Crippen LogP contribution in [0.25, 0.3) is 0 Å². The minimum absolute atomic E-state index is 0.0470. The lowest BCUT2D eigenvalue weighted by atomic mass is 9.78. The van der Waals surface area contributed by atoms with E-state index in [-0.39, 0.29) is 10.8 Å². The van der Waals surface area contributed by atoms with E-state index in [4.69, 9.17) is 4.74 Å². The summed E-state index contributed by atoms with van der Waals surface area (Å²) in [5.74, 6) is 2.79. The van der Waals surface area contributed by atoms with Crippen molar-refractivity contribution in [1.82, 2.24) is 0 Å². The molecule has 0 radical (unpaired) electrons. The Bertz CT molecular complexity index is 525. The molecule has 1 aliphatic heterocycles. The van der Waals surface area contributed by atoms with Gasteiger partial charge in [0, 0.05) is 12.4 Å². The van der Waals surface area contributed by atoms with Gasteiger partial charge in [0.25, 0.3) is 0 Å². The highest BCUT2D eigenvalue weighted by molar-refractivity contribution is 7.99. The average Bonchev–Trinajstić information content (AvgIpc) is 2.99. The normalized spacial score (nSPS) is 18.7. The van der Waals surface area contributed by atoms with E-state index < -0.39 is 0 Å². The largest absolute Gasteiger partial charge is 0.507 e. The van der Waals surface area contributed by atoms with Crippen LogP contribution in [0.4, 0.5) is 0 Å². The first kappa shape index (κ1) is 20.6. The standard InChI is InChI=1S/C22H36O2S/c1-21(2,3)18-13-16(14-19(20(18)23)22(4,5)6)9-8-12-25-15-17-10-7-11-24-17/h13-14,17,23H,7-12,15H2,1-6H3. The van der Waals surface area contributed by atoms with Crippen LogP contribution in [0, 0.1) is 0 Å². The van der Waals surface area contributed by atoms with Crippen LogP contribution in [0.15, 0.2) is 12.1 Å². The van der Waals surface area contributed by atoms with E-state index in [2.05, 4.69) is 53.7 Å². The lowest BCUT2D eigenvalue weighted by Crippen LogP contribution is -2.18. The van der Waals surface area contributed by atoms with E-state index >= 15 is 0 Å². The van der Waals surface area contributed by atoms with Gasteiger partial charge in [-0.1, -0.05) is 53.7 Å². The van der Waals surface area contributed by atoms with Crippen LogP contribution in [0.5, 0.6) is 5.75 Å². The van der Waals surface area contributed by atoms with Gasteiger partial charge in [-0.3, -0.25) is 0 Å². The molecule has 0 aliphatic carbocycles. The molecule has 1 atom stereocenters. The second-order valence-electron chi connectivity index (χ2n) is 9.35. The molecule has 1 aliphatic rings. The Morgan fingerprint density at radius 2 is 1.68 bits per heavy atom. The molecule has 2 rings (SSSR count). The van der Waals surface area contributed by atoms with Crippen LogP contribution in [0.2, 0.25) is 0 Å². The van der Waals surface area contributed by atoms with Crippen molar-refractivity contribution >= 4 is 11.8 Å². The molecular weight excluding hydrogens is 328 g/mol. The van der Waals surface area contributed by atoms with Crippen molar-refractivity contribution in [3.63, 3.8) is 0 Å². The predicted octanol–water partition coefficient (Wildman–Crippen LogP) is 5.83. The number of thioether (sulfide) groups is 1. The van der Waals surface area contributed by atoms with E-state index in [0.29, 0.717) is 11.9 Å². The zero-order valence-corrected chi connectivity index (χ0v) is 17.8. The molecule has 0 spiro atoms. The van der Waals surface area contributed by atoms with Crippen LogP contribution in [-0.2, 0) is 22.0 Å². The van der Waals surface area contributed by atoms with E-state index in [0.717, 1.165) is 29.9 Å². The summed E-state index contributed by atoms with van der Waals surface area (Å²) in [7, 11) is 0. The van der Waals surface area contributed by atoms with Gasteiger partial charge in [-0.2, -0.15) is 11.8 Å². The van der Waals surface area contributed by atoms with Gasteiger partial charge in [0.05, 0.1) is 6.10 Å². The molecule has 1 heterocycles. The van der Waals surface area contributed by atoms with Crippen LogP contribution in [0.1, 0.15) is 77.5 Å². The highest BCUT2D eigenvalue weighted by atomic mass is 32.2. The van der Waals surface area contributed by atoms with Gasteiger partial charge in [-0.15, -0.1) is 0 Å². The molecule has 1 fully saturated rings. The number of phenols is 1. The highest BCUT2D eigenvalue weighted by Gasteiger charge is 2.26. The second-order valence-corrected chi connectivity index (χ2v) is 10.5. The molecule has 1 unspecified atom stereocenters. The van der Waals surface area contributed by atoms with Gasteiger partial charge in [-0.25, -0.2) is 0 Å². The van der Waals surface area contributed by atoms with Gasteiger partial charge in [0.1, 0.15) is 5.75 Å². The SMILES string of the molecule is CC(C)(C)c1cc(CCCSCC2CCCO2)cc(C(C)(C)C)c1O. The molecule has 25 heavy (non-hydrogen) atoms. The van der Waals surface area contributed by atoms with Crippen LogP contribution in [-0.4, -0.2) is 29.3 Å². The second kappa shape index (κ2) is 8.35. The molecule has 1 N–H and O–H groups in total. The van der Waals surface area contributed by atoms with Crippen molar-refractivity contribution in [3.8, 4) is 5.75 Å². The van der Waals surface area contributed by atoms with E-state index in [1.54, 1.807) is 0 Å². The number of hydrogen-bond acceptors (Lipinski definition) is 3. The third-order valence-corrected chi connectivity index (χ3v) is 6.05. The van der Waals surface area contributed by atoms with Crippen molar-refractivity contribution in [3.05, 3.63) is 28.8 Å². The summed E-state index contributed by atoms with van der Waals surface area (Å²) < 4.78 is 5.69. The molecule has 0 bridgehead atoms. The van der Waals surface area contributed by atoms with Crippen molar-refractivity contribution in [2.75, 3.05) is 18.1 Å². The molecule has 142 valence electrons. The Balaban J connectivity index is 2.01. The van der Waals surface area contributed by atoms with Crippen molar-refractivity contribution in [1.29, 1.82) is 0 Å². The first-order valence-corrected chi connectivity index (χ1v) is 10.8. The molecular formula is C22H36O2S. The number of phenolic OH excluding ortho intramolecular Hbond substituents is 1. The first-order chi connectivity index (χ1) is 11.6. The third kappa shape index (κ3) is 5.92. The van der Waals surface area contributed by atoms with E-state index in [1.165, 1.54) is 30.6 Å².